The standard InChI is InChI=1S/C23H22F2N4O2/c1-15(4-3-9-28-14-26-20-13-19(31-2)5-6-22(20)28)23(30)29-21(7-8-27-29)16-10-17(24)12-18(25)11-16/h5-6,8,10-14,21H,1,3-4,7,9H2,2H3. The largest absolute Gasteiger partial charge is 0.497 e. The Balaban J connectivity index is 1.38. The average Bonchev–Trinajstić information content (AvgIpc) is 3.39. The Morgan fingerprint density at radius 2 is 2.00 bits per heavy atom. The Morgan fingerprint density at radius 1 is 1.23 bits per heavy atom. The zero-order valence-corrected chi connectivity index (χ0v) is 17.1. The molecule has 2 aromatic carbocycles. The molecule has 160 valence electrons. The van der Waals surface area contributed by atoms with Crippen molar-refractivity contribution in [3.05, 3.63) is 72.1 Å². The van der Waals surface area contributed by atoms with Crippen molar-refractivity contribution >= 4 is 23.2 Å². The molecule has 6 nitrogen and oxygen atoms in total. The van der Waals surface area contributed by atoms with Crippen LogP contribution in [0.25, 0.3) is 11.0 Å². The van der Waals surface area contributed by atoms with Crippen molar-refractivity contribution in [2.24, 2.45) is 5.10 Å². The molecule has 0 radical (unpaired) electrons. The molecule has 1 aliphatic heterocycles. The molecule has 0 aliphatic carbocycles. The lowest BCUT2D eigenvalue weighted by Gasteiger charge is -2.23. The number of benzene rings is 2. The Morgan fingerprint density at radius 3 is 2.74 bits per heavy atom. The van der Waals surface area contributed by atoms with Gasteiger partial charge in [0.1, 0.15) is 17.4 Å². The first-order valence-corrected chi connectivity index (χ1v) is 9.95. The van der Waals surface area contributed by atoms with E-state index in [0.717, 1.165) is 22.8 Å². The highest BCUT2D eigenvalue weighted by Crippen LogP contribution is 2.31. The number of imidazole rings is 1. The van der Waals surface area contributed by atoms with E-state index in [9.17, 15) is 13.6 Å². The topological polar surface area (TPSA) is 59.7 Å². The van der Waals surface area contributed by atoms with E-state index in [1.807, 2.05) is 22.8 Å². The Labute approximate surface area is 178 Å². The van der Waals surface area contributed by atoms with Gasteiger partial charge in [0.15, 0.2) is 0 Å². The van der Waals surface area contributed by atoms with Crippen LogP contribution >= 0.6 is 0 Å². The summed E-state index contributed by atoms with van der Waals surface area (Å²) >= 11 is 0. The summed E-state index contributed by atoms with van der Waals surface area (Å²) in [5.41, 5.74) is 2.59. The van der Waals surface area contributed by atoms with Gasteiger partial charge in [-0.05, 0) is 42.7 Å². The molecule has 1 amide bonds. The van der Waals surface area contributed by atoms with E-state index in [1.54, 1.807) is 19.7 Å². The second kappa shape index (κ2) is 8.67. The molecule has 4 rings (SSSR count). The second-order valence-electron chi connectivity index (χ2n) is 7.40. The molecule has 0 bridgehead atoms. The van der Waals surface area contributed by atoms with E-state index in [4.69, 9.17) is 4.74 Å². The maximum absolute atomic E-state index is 13.6. The summed E-state index contributed by atoms with van der Waals surface area (Å²) < 4.78 is 34.4. The maximum Gasteiger partial charge on any atom is 0.269 e. The van der Waals surface area contributed by atoms with E-state index in [2.05, 4.69) is 16.7 Å². The first-order valence-electron chi connectivity index (χ1n) is 9.95. The third-order valence-corrected chi connectivity index (χ3v) is 5.32. The third-order valence-electron chi connectivity index (χ3n) is 5.32. The van der Waals surface area contributed by atoms with Crippen LogP contribution in [0.2, 0.25) is 0 Å². The zero-order chi connectivity index (χ0) is 22.0. The first kappa shape index (κ1) is 20.7. The van der Waals surface area contributed by atoms with Crippen LogP contribution < -0.4 is 4.74 Å². The van der Waals surface area contributed by atoms with Crippen molar-refractivity contribution in [1.29, 1.82) is 0 Å². The van der Waals surface area contributed by atoms with Gasteiger partial charge in [-0.3, -0.25) is 4.79 Å². The number of fused-ring (bicyclic) bond motifs is 1. The predicted molar refractivity (Wildman–Crippen MR) is 114 cm³/mol. The summed E-state index contributed by atoms with van der Waals surface area (Å²) in [4.78, 5) is 17.3. The molecular formula is C23H22F2N4O2. The molecule has 0 fully saturated rings. The summed E-state index contributed by atoms with van der Waals surface area (Å²) in [6, 6.07) is 8.42. The van der Waals surface area contributed by atoms with Gasteiger partial charge in [0.25, 0.3) is 5.91 Å². The van der Waals surface area contributed by atoms with Gasteiger partial charge in [-0.25, -0.2) is 18.8 Å². The van der Waals surface area contributed by atoms with Crippen molar-refractivity contribution in [2.75, 3.05) is 7.11 Å². The molecule has 0 saturated heterocycles. The number of halogens is 2. The normalized spacial score (nSPS) is 15.6. The second-order valence-corrected chi connectivity index (χ2v) is 7.40. The first-order chi connectivity index (χ1) is 15.0. The molecule has 0 N–H and O–H groups in total. The van der Waals surface area contributed by atoms with E-state index in [1.165, 1.54) is 17.1 Å². The molecule has 1 aromatic heterocycles. The molecule has 1 aliphatic rings. The number of hydrogen-bond donors (Lipinski definition) is 0. The average molecular weight is 424 g/mol. The van der Waals surface area contributed by atoms with Crippen LogP contribution in [0.5, 0.6) is 5.75 Å². The van der Waals surface area contributed by atoms with Gasteiger partial charge >= 0.3 is 0 Å². The number of aromatic nitrogens is 2. The van der Waals surface area contributed by atoms with E-state index >= 15 is 0 Å². The number of nitrogens with zero attached hydrogens (tertiary/aromatic N) is 4. The molecule has 0 spiro atoms. The number of rotatable bonds is 7. The zero-order valence-electron chi connectivity index (χ0n) is 17.1. The van der Waals surface area contributed by atoms with E-state index < -0.39 is 17.7 Å². The molecule has 1 unspecified atom stereocenters. The van der Waals surface area contributed by atoms with Gasteiger partial charge in [-0.15, -0.1) is 0 Å². The van der Waals surface area contributed by atoms with Crippen molar-refractivity contribution < 1.29 is 18.3 Å². The number of ether oxygens (including phenoxy) is 1. The Hall–Kier alpha value is -3.55. The lowest BCUT2D eigenvalue weighted by molar-refractivity contribution is -0.129. The Kier molecular flexibility index (Phi) is 5.79. The minimum Gasteiger partial charge on any atom is -0.497 e. The van der Waals surface area contributed by atoms with Gasteiger partial charge < -0.3 is 9.30 Å². The number of carbonyl (C=O) groups is 1. The van der Waals surface area contributed by atoms with Crippen molar-refractivity contribution in [3.8, 4) is 5.75 Å². The monoisotopic (exact) mass is 424 g/mol. The van der Waals surface area contributed by atoms with Crippen LogP contribution in [-0.4, -0.2) is 33.8 Å². The number of amides is 1. The van der Waals surface area contributed by atoms with Gasteiger partial charge in [0.2, 0.25) is 0 Å². The minimum atomic E-state index is -0.682. The van der Waals surface area contributed by atoms with Crippen molar-refractivity contribution in [1.82, 2.24) is 14.6 Å². The van der Waals surface area contributed by atoms with Crippen LogP contribution in [0.1, 0.15) is 30.9 Å². The summed E-state index contributed by atoms with van der Waals surface area (Å²) in [6.45, 7) is 4.58. The molecule has 1 atom stereocenters. The van der Waals surface area contributed by atoms with E-state index in [-0.39, 0.29) is 5.91 Å². The number of aryl methyl sites for hydroxylation is 1. The highest BCUT2D eigenvalue weighted by Gasteiger charge is 2.30. The molecule has 8 heteroatoms. The lowest BCUT2D eigenvalue weighted by Crippen LogP contribution is -2.28. The molecule has 3 aromatic rings. The van der Waals surface area contributed by atoms with E-state index in [0.29, 0.717) is 36.9 Å². The SMILES string of the molecule is C=C(CCCn1cnc2cc(OC)ccc21)C(=O)N1N=CCC1c1cc(F)cc(F)c1. The summed E-state index contributed by atoms with van der Waals surface area (Å²) in [5.74, 6) is -0.962. The van der Waals surface area contributed by atoms with Gasteiger partial charge in [-0.2, -0.15) is 5.10 Å². The quantitative estimate of drug-likeness (QED) is 0.520. The highest BCUT2D eigenvalue weighted by molar-refractivity contribution is 5.94. The van der Waals surface area contributed by atoms with Crippen molar-refractivity contribution in [2.45, 2.75) is 31.8 Å². The van der Waals surface area contributed by atoms with Crippen LogP contribution in [0.3, 0.4) is 0 Å². The summed E-state index contributed by atoms with van der Waals surface area (Å²) in [6.07, 6.45) is 4.87. The van der Waals surface area contributed by atoms with Crippen LogP contribution in [-0.2, 0) is 11.3 Å². The fourth-order valence-electron chi connectivity index (χ4n) is 3.73. The van der Waals surface area contributed by atoms with Crippen LogP contribution in [0.15, 0.2) is 60.0 Å². The molecular weight excluding hydrogens is 402 g/mol. The number of methoxy groups -OCH3 is 1. The fourth-order valence-corrected chi connectivity index (χ4v) is 3.73. The molecule has 2 heterocycles. The number of hydrazone groups is 1. The minimum absolute atomic E-state index is 0.344. The smallest absolute Gasteiger partial charge is 0.269 e. The fraction of sp³-hybridized carbons (Fsp3) is 0.261. The Bertz CT molecular complexity index is 1150. The highest BCUT2D eigenvalue weighted by atomic mass is 19.1. The summed E-state index contributed by atoms with van der Waals surface area (Å²) in [5, 5.41) is 5.37. The number of hydrogen-bond acceptors (Lipinski definition) is 4. The maximum atomic E-state index is 13.6. The lowest BCUT2D eigenvalue weighted by atomic mass is 10.0. The predicted octanol–water partition coefficient (Wildman–Crippen LogP) is 4.62. The number of carbonyl (C=O) groups excluding carboxylic acids is 1. The van der Waals surface area contributed by atoms with Gasteiger partial charge in [0, 0.05) is 36.9 Å². The molecule has 31 heavy (non-hydrogen) atoms. The van der Waals surface area contributed by atoms with Gasteiger partial charge in [-0.1, -0.05) is 6.58 Å². The van der Waals surface area contributed by atoms with Gasteiger partial charge in [0.05, 0.1) is 30.5 Å². The molecule has 0 saturated carbocycles. The van der Waals surface area contributed by atoms with Crippen LogP contribution in [0.4, 0.5) is 8.78 Å². The summed E-state index contributed by atoms with van der Waals surface area (Å²) in [7, 11) is 1.61. The van der Waals surface area contributed by atoms with Crippen LogP contribution in [0, 0.1) is 11.6 Å². The third kappa shape index (κ3) is 4.33. The van der Waals surface area contributed by atoms with Crippen molar-refractivity contribution in [3.63, 3.8) is 0 Å².